The van der Waals surface area contributed by atoms with Gasteiger partial charge in [0.25, 0.3) is 5.91 Å². The zero-order chi connectivity index (χ0) is 20.9. The first kappa shape index (κ1) is 19.8. The first-order valence-electron chi connectivity index (χ1n) is 9.82. The van der Waals surface area contributed by atoms with Crippen molar-refractivity contribution in [2.75, 3.05) is 44.2 Å². The molecule has 1 aromatic carbocycles. The molecule has 30 heavy (non-hydrogen) atoms. The maximum Gasteiger partial charge on any atom is 0.251 e. The summed E-state index contributed by atoms with van der Waals surface area (Å²) < 4.78 is 1.64. The number of carbonyl (C=O) groups is 2. The summed E-state index contributed by atoms with van der Waals surface area (Å²) in [7, 11) is 0. The van der Waals surface area contributed by atoms with E-state index in [9.17, 15) is 9.59 Å². The third kappa shape index (κ3) is 4.38. The van der Waals surface area contributed by atoms with E-state index in [4.69, 9.17) is 5.11 Å². The highest BCUT2D eigenvalue weighted by Gasteiger charge is 2.22. The van der Waals surface area contributed by atoms with Gasteiger partial charge in [0.1, 0.15) is 12.1 Å². The van der Waals surface area contributed by atoms with Crippen molar-refractivity contribution in [1.29, 1.82) is 0 Å². The Morgan fingerprint density at radius 3 is 2.73 bits per heavy atom. The number of aromatic nitrogens is 4. The minimum atomic E-state index is -0.260. The summed E-state index contributed by atoms with van der Waals surface area (Å²) in [4.78, 5) is 28.8. The Labute approximate surface area is 173 Å². The van der Waals surface area contributed by atoms with Crippen molar-refractivity contribution in [3.63, 3.8) is 0 Å². The van der Waals surface area contributed by atoms with Gasteiger partial charge in [-0.05, 0) is 29.8 Å². The second kappa shape index (κ2) is 8.87. The van der Waals surface area contributed by atoms with E-state index in [1.807, 2.05) is 23.1 Å². The molecule has 10 heteroatoms. The maximum absolute atomic E-state index is 12.7. The van der Waals surface area contributed by atoms with Gasteiger partial charge in [-0.15, -0.1) is 15.3 Å². The average Bonchev–Trinajstić information content (AvgIpc) is 3.25. The Bertz CT molecular complexity index is 1040. The van der Waals surface area contributed by atoms with Gasteiger partial charge in [-0.1, -0.05) is 12.1 Å². The largest absolute Gasteiger partial charge is 0.395 e. The lowest BCUT2D eigenvalue weighted by atomic mass is 10.1. The molecule has 10 nitrogen and oxygen atoms in total. The van der Waals surface area contributed by atoms with Crippen LogP contribution < -0.4 is 10.2 Å². The van der Waals surface area contributed by atoms with Crippen LogP contribution in [0, 0.1) is 0 Å². The fraction of sp³-hybridized carbons (Fsp3) is 0.350. The van der Waals surface area contributed by atoms with E-state index in [0.717, 1.165) is 11.4 Å². The summed E-state index contributed by atoms with van der Waals surface area (Å²) in [5.74, 6) is 0.602. The van der Waals surface area contributed by atoms with Gasteiger partial charge in [0.15, 0.2) is 5.65 Å². The molecule has 4 rings (SSSR count). The zero-order valence-electron chi connectivity index (χ0n) is 16.4. The number of benzene rings is 1. The molecule has 1 saturated heterocycles. The molecule has 0 unspecified atom stereocenters. The van der Waals surface area contributed by atoms with Crippen molar-refractivity contribution in [2.24, 2.45) is 0 Å². The molecule has 1 aliphatic heterocycles. The summed E-state index contributed by atoms with van der Waals surface area (Å²) in [6, 6.07) is 10.8. The lowest BCUT2D eigenvalue weighted by Crippen LogP contribution is -2.49. The average molecular weight is 409 g/mol. The highest BCUT2D eigenvalue weighted by Crippen LogP contribution is 2.15. The fourth-order valence-corrected chi connectivity index (χ4v) is 3.45. The van der Waals surface area contributed by atoms with Crippen LogP contribution in [0.2, 0.25) is 0 Å². The smallest absolute Gasteiger partial charge is 0.251 e. The molecule has 1 fully saturated rings. The molecule has 1 aliphatic rings. The minimum absolute atomic E-state index is 0.0322. The number of carbonyl (C=O) groups excluding carboxylic acids is 2. The van der Waals surface area contributed by atoms with Gasteiger partial charge >= 0.3 is 0 Å². The number of aliphatic hydroxyl groups excluding tert-OH is 1. The predicted molar refractivity (Wildman–Crippen MR) is 109 cm³/mol. The van der Waals surface area contributed by atoms with E-state index in [0.29, 0.717) is 37.4 Å². The normalized spacial score (nSPS) is 14.2. The van der Waals surface area contributed by atoms with Gasteiger partial charge < -0.3 is 20.2 Å². The molecule has 0 saturated carbocycles. The van der Waals surface area contributed by atoms with Crippen LogP contribution in [0.3, 0.4) is 0 Å². The number of amides is 2. The Balaban J connectivity index is 1.33. The SMILES string of the molecule is O=C(NCCO)c1cccc(CC(=O)N2CCN(c3ccc4nncn4n3)CC2)c1. The molecule has 3 heterocycles. The van der Waals surface area contributed by atoms with Crippen LogP contribution in [0.25, 0.3) is 5.65 Å². The summed E-state index contributed by atoms with van der Waals surface area (Å²) in [5.41, 5.74) is 1.97. The van der Waals surface area contributed by atoms with Gasteiger partial charge in [-0.25, -0.2) is 0 Å². The van der Waals surface area contributed by atoms with Crippen molar-refractivity contribution in [3.05, 3.63) is 53.9 Å². The van der Waals surface area contributed by atoms with Crippen LogP contribution in [-0.2, 0) is 11.2 Å². The highest BCUT2D eigenvalue weighted by molar-refractivity contribution is 5.94. The van der Waals surface area contributed by atoms with E-state index in [2.05, 4.69) is 25.5 Å². The molecular weight excluding hydrogens is 386 g/mol. The molecule has 156 valence electrons. The van der Waals surface area contributed by atoms with E-state index >= 15 is 0 Å². The predicted octanol–water partition coefficient (Wildman–Crippen LogP) is -0.262. The van der Waals surface area contributed by atoms with Crippen LogP contribution in [0.5, 0.6) is 0 Å². The quantitative estimate of drug-likeness (QED) is 0.576. The summed E-state index contributed by atoms with van der Waals surface area (Å²) in [6.45, 7) is 2.69. The van der Waals surface area contributed by atoms with Crippen LogP contribution in [0.1, 0.15) is 15.9 Å². The highest BCUT2D eigenvalue weighted by atomic mass is 16.3. The number of fused-ring (bicyclic) bond motifs is 1. The van der Waals surface area contributed by atoms with E-state index < -0.39 is 0 Å². The minimum Gasteiger partial charge on any atom is -0.395 e. The number of hydrogen-bond donors (Lipinski definition) is 2. The number of aliphatic hydroxyl groups is 1. The molecule has 3 aromatic rings. The Morgan fingerprint density at radius 2 is 1.93 bits per heavy atom. The standard InChI is InChI=1S/C20H23N7O3/c28-11-6-21-20(30)16-3-1-2-15(12-16)13-19(29)26-9-7-25(8-10-26)18-5-4-17-23-22-14-27(17)24-18/h1-5,12,14,28H,6-11,13H2,(H,21,30). The topological polar surface area (TPSA) is 116 Å². The number of piperazine rings is 1. The Morgan fingerprint density at radius 1 is 1.10 bits per heavy atom. The molecule has 2 amide bonds. The maximum atomic E-state index is 12.7. The monoisotopic (exact) mass is 409 g/mol. The summed E-state index contributed by atoms with van der Waals surface area (Å²) in [6.07, 6.45) is 1.81. The fourth-order valence-electron chi connectivity index (χ4n) is 3.45. The number of rotatable bonds is 6. The molecule has 2 N–H and O–H groups in total. The molecule has 0 bridgehead atoms. The number of hydrogen-bond acceptors (Lipinski definition) is 7. The zero-order valence-corrected chi connectivity index (χ0v) is 16.4. The lowest BCUT2D eigenvalue weighted by Gasteiger charge is -2.35. The van der Waals surface area contributed by atoms with Crippen molar-refractivity contribution < 1.29 is 14.7 Å². The van der Waals surface area contributed by atoms with Crippen molar-refractivity contribution in [2.45, 2.75) is 6.42 Å². The second-order valence-corrected chi connectivity index (χ2v) is 7.05. The third-order valence-electron chi connectivity index (χ3n) is 5.05. The van der Waals surface area contributed by atoms with Gasteiger partial charge in [-0.2, -0.15) is 4.52 Å². The van der Waals surface area contributed by atoms with Crippen molar-refractivity contribution in [1.82, 2.24) is 30.0 Å². The van der Waals surface area contributed by atoms with Crippen molar-refractivity contribution in [3.8, 4) is 0 Å². The first-order chi connectivity index (χ1) is 14.6. The van der Waals surface area contributed by atoms with E-state index in [1.165, 1.54) is 0 Å². The molecular formula is C20H23N7O3. The molecule has 0 radical (unpaired) electrons. The first-order valence-corrected chi connectivity index (χ1v) is 9.82. The second-order valence-electron chi connectivity index (χ2n) is 7.05. The van der Waals surface area contributed by atoms with Crippen molar-refractivity contribution >= 4 is 23.3 Å². The van der Waals surface area contributed by atoms with Crippen LogP contribution in [-0.4, -0.2) is 81.0 Å². The lowest BCUT2D eigenvalue weighted by molar-refractivity contribution is -0.130. The Kier molecular flexibility index (Phi) is 5.84. The van der Waals surface area contributed by atoms with Gasteiger partial charge in [0.2, 0.25) is 5.91 Å². The third-order valence-corrected chi connectivity index (χ3v) is 5.05. The number of nitrogens with one attached hydrogen (secondary N) is 1. The molecule has 0 spiro atoms. The van der Waals surface area contributed by atoms with Gasteiger partial charge in [-0.3, -0.25) is 9.59 Å². The molecule has 0 aliphatic carbocycles. The van der Waals surface area contributed by atoms with Crippen LogP contribution in [0.4, 0.5) is 5.82 Å². The summed E-state index contributed by atoms with van der Waals surface area (Å²) in [5, 5.41) is 23.7. The summed E-state index contributed by atoms with van der Waals surface area (Å²) >= 11 is 0. The van der Waals surface area contributed by atoms with Crippen LogP contribution >= 0.6 is 0 Å². The molecule has 0 atom stereocenters. The Hall–Kier alpha value is -3.53. The van der Waals surface area contributed by atoms with E-state index in [-0.39, 0.29) is 31.4 Å². The molecule has 2 aromatic heterocycles. The number of nitrogens with zero attached hydrogens (tertiary/aromatic N) is 6. The number of anilines is 1. The van der Waals surface area contributed by atoms with Gasteiger partial charge in [0.05, 0.1) is 13.0 Å². The van der Waals surface area contributed by atoms with E-state index in [1.54, 1.807) is 29.0 Å². The van der Waals surface area contributed by atoms with Gasteiger partial charge in [0, 0.05) is 38.3 Å². The van der Waals surface area contributed by atoms with Crippen LogP contribution in [0.15, 0.2) is 42.7 Å².